The van der Waals surface area contributed by atoms with Gasteiger partial charge in [-0.25, -0.2) is 4.79 Å². The summed E-state index contributed by atoms with van der Waals surface area (Å²) in [6.07, 6.45) is 1.42. The van der Waals surface area contributed by atoms with Crippen LogP contribution in [-0.2, 0) is 14.4 Å². The van der Waals surface area contributed by atoms with Crippen molar-refractivity contribution in [3.8, 4) is 0 Å². The van der Waals surface area contributed by atoms with Gasteiger partial charge in [-0.1, -0.05) is 0 Å². The van der Waals surface area contributed by atoms with Gasteiger partial charge in [0.15, 0.2) is 0 Å². The number of carbonyl (C=O) groups excluding carboxylic acids is 2. The Labute approximate surface area is 116 Å². The smallest absolute Gasteiger partial charge is 0.326 e. The molecule has 9 heteroatoms. The fourth-order valence-electron chi connectivity index (χ4n) is 1.47. The van der Waals surface area contributed by atoms with E-state index >= 15 is 0 Å². The van der Waals surface area contributed by atoms with E-state index in [1.54, 1.807) is 0 Å². The van der Waals surface area contributed by atoms with Crippen molar-refractivity contribution in [2.45, 2.75) is 31.3 Å². The monoisotopic (exact) mass is 290 g/mol. The fourth-order valence-corrected chi connectivity index (χ4v) is 1.47. The van der Waals surface area contributed by atoms with Crippen LogP contribution in [0.3, 0.4) is 0 Å². The summed E-state index contributed by atoms with van der Waals surface area (Å²) in [5, 5.41) is 22.5. The van der Waals surface area contributed by atoms with Gasteiger partial charge in [0.1, 0.15) is 12.1 Å². The first-order valence-electron chi connectivity index (χ1n) is 6.29. The first-order valence-corrected chi connectivity index (χ1v) is 6.29. The highest BCUT2D eigenvalue weighted by molar-refractivity contribution is 5.90. The molecule has 0 saturated carbocycles. The van der Waals surface area contributed by atoms with Crippen LogP contribution in [0.5, 0.6) is 0 Å². The standard InChI is InChI=1S/C11H22N4O5/c12-4-2-1-3-7(11(19)20)15-10(18)8(6-16)14-9(17)5-13/h7-8,16H,1-6,12-13H2,(H,14,17)(H,15,18)(H,19,20). The van der Waals surface area contributed by atoms with Crippen molar-refractivity contribution in [2.24, 2.45) is 11.5 Å². The molecule has 0 aliphatic heterocycles. The maximum Gasteiger partial charge on any atom is 0.326 e. The van der Waals surface area contributed by atoms with Crippen molar-refractivity contribution >= 4 is 17.8 Å². The van der Waals surface area contributed by atoms with E-state index in [4.69, 9.17) is 21.7 Å². The van der Waals surface area contributed by atoms with Crippen LogP contribution in [0.15, 0.2) is 0 Å². The van der Waals surface area contributed by atoms with Gasteiger partial charge in [-0.15, -0.1) is 0 Å². The Bertz CT molecular complexity index is 337. The number of unbranched alkanes of at least 4 members (excludes halogenated alkanes) is 1. The summed E-state index contributed by atoms with van der Waals surface area (Å²) in [4.78, 5) is 33.8. The summed E-state index contributed by atoms with van der Waals surface area (Å²) >= 11 is 0. The normalized spacial score (nSPS) is 13.3. The van der Waals surface area contributed by atoms with Crippen LogP contribution in [0.2, 0.25) is 0 Å². The highest BCUT2D eigenvalue weighted by Gasteiger charge is 2.25. The molecule has 20 heavy (non-hydrogen) atoms. The van der Waals surface area contributed by atoms with Crippen LogP contribution in [0.1, 0.15) is 19.3 Å². The lowest BCUT2D eigenvalue weighted by Crippen LogP contribution is -2.54. The maximum atomic E-state index is 11.8. The van der Waals surface area contributed by atoms with E-state index in [0.717, 1.165) is 0 Å². The lowest BCUT2D eigenvalue weighted by Gasteiger charge is -2.19. The average Bonchev–Trinajstić information content (AvgIpc) is 2.42. The molecule has 9 nitrogen and oxygen atoms in total. The molecular weight excluding hydrogens is 268 g/mol. The van der Waals surface area contributed by atoms with Crippen LogP contribution in [0.25, 0.3) is 0 Å². The average molecular weight is 290 g/mol. The molecule has 2 amide bonds. The summed E-state index contributed by atoms with van der Waals surface area (Å²) in [6.45, 7) is -0.540. The molecule has 2 atom stereocenters. The van der Waals surface area contributed by atoms with Crippen molar-refractivity contribution < 1.29 is 24.6 Å². The Kier molecular flexibility index (Phi) is 9.26. The molecule has 0 aromatic heterocycles. The molecule has 8 N–H and O–H groups in total. The van der Waals surface area contributed by atoms with Crippen LogP contribution >= 0.6 is 0 Å². The van der Waals surface area contributed by atoms with E-state index in [2.05, 4.69) is 10.6 Å². The zero-order valence-electron chi connectivity index (χ0n) is 11.2. The minimum absolute atomic E-state index is 0.223. The number of aliphatic hydroxyl groups is 1. The van der Waals surface area contributed by atoms with Crippen molar-refractivity contribution in [2.75, 3.05) is 19.7 Å². The number of aliphatic carboxylic acids is 1. The highest BCUT2D eigenvalue weighted by atomic mass is 16.4. The van der Waals surface area contributed by atoms with Gasteiger partial charge >= 0.3 is 5.97 Å². The van der Waals surface area contributed by atoms with Gasteiger partial charge in [-0.3, -0.25) is 9.59 Å². The van der Waals surface area contributed by atoms with Crippen LogP contribution in [-0.4, -0.2) is 59.8 Å². The van der Waals surface area contributed by atoms with Gasteiger partial charge in [0.25, 0.3) is 0 Å². The summed E-state index contributed by atoms with van der Waals surface area (Å²) in [5.74, 6) is -2.57. The zero-order chi connectivity index (χ0) is 15.5. The number of carboxylic acids is 1. The third-order valence-corrected chi connectivity index (χ3v) is 2.58. The molecule has 0 aliphatic carbocycles. The number of hydrogen-bond acceptors (Lipinski definition) is 6. The number of nitrogens with two attached hydrogens (primary N) is 2. The van der Waals surface area contributed by atoms with Gasteiger partial charge in [0, 0.05) is 0 Å². The largest absolute Gasteiger partial charge is 0.480 e. The number of carboxylic acid groups (broad SMARTS) is 1. The van der Waals surface area contributed by atoms with Gasteiger partial charge in [-0.05, 0) is 25.8 Å². The Morgan fingerprint density at radius 3 is 2.15 bits per heavy atom. The number of amides is 2. The number of aliphatic hydroxyl groups excluding tert-OH is 1. The Hall–Kier alpha value is -1.71. The molecule has 0 spiro atoms. The third-order valence-electron chi connectivity index (χ3n) is 2.58. The maximum absolute atomic E-state index is 11.8. The lowest BCUT2D eigenvalue weighted by molar-refractivity contribution is -0.142. The molecule has 0 radical (unpaired) electrons. The Morgan fingerprint density at radius 1 is 1.05 bits per heavy atom. The molecule has 0 rings (SSSR count). The van der Waals surface area contributed by atoms with Gasteiger partial charge in [-0.2, -0.15) is 0 Å². The van der Waals surface area contributed by atoms with Crippen molar-refractivity contribution in [3.63, 3.8) is 0 Å². The van der Waals surface area contributed by atoms with E-state index < -0.39 is 36.5 Å². The third kappa shape index (κ3) is 7.02. The van der Waals surface area contributed by atoms with Crippen molar-refractivity contribution in [3.05, 3.63) is 0 Å². The SMILES string of the molecule is NCCCCC(NC(=O)C(CO)NC(=O)CN)C(=O)O. The van der Waals surface area contributed by atoms with E-state index in [1.807, 2.05) is 0 Å². The van der Waals surface area contributed by atoms with E-state index in [0.29, 0.717) is 19.4 Å². The number of nitrogens with one attached hydrogen (secondary N) is 2. The van der Waals surface area contributed by atoms with Crippen LogP contribution < -0.4 is 22.1 Å². The first-order chi connectivity index (χ1) is 9.46. The molecule has 0 aliphatic rings. The second kappa shape index (κ2) is 10.1. The van der Waals surface area contributed by atoms with Gasteiger partial charge < -0.3 is 32.3 Å². The number of hydrogen-bond donors (Lipinski definition) is 6. The molecule has 116 valence electrons. The highest BCUT2D eigenvalue weighted by Crippen LogP contribution is 2.01. The molecule has 0 fully saturated rings. The predicted octanol–water partition coefficient (Wildman–Crippen LogP) is -2.88. The second-order valence-electron chi connectivity index (χ2n) is 4.19. The second-order valence-corrected chi connectivity index (χ2v) is 4.19. The van der Waals surface area contributed by atoms with Crippen LogP contribution in [0.4, 0.5) is 0 Å². The zero-order valence-corrected chi connectivity index (χ0v) is 11.2. The van der Waals surface area contributed by atoms with Crippen molar-refractivity contribution in [1.29, 1.82) is 0 Å². The molecule has 0 aromatic rings. The molecule has 0 saturated heterocycles. The summed E-state index contributed by atoms with van der Waals surface area (Å²) in [6, 6.07) is -2.31. The minimum atomic E-state index is -1.22. The molecular formula is C11H22N4O5. The molecule has 0 aromatic carbocycles. The predicted molar refractivity (Wildman–Crippen MR) is 70.5 cm³/mol. The first kappa shape index (κ1) is 18.3. The van der Waals surface area contributed by atoms with E-state index in [1.165, 1.54) is 0 Å². The van der Waals surface area contributed by atoms with Crippen LogP contribution in [0, 0.1) is 0 Å². The van der Waals surface area contributed by atoms with Gasteiger partial charge in [0.2, 0.25) is 11.8 Å². The molecule has 0 bridgehead atoms. The van der Waals surface area contributed by atoms with E-state index in [-0.39, 0.29) is 13.0 Å². The summed E-state index contributed by atoms with van der Waals surface area (Å²) in [5.41, 5.74) is 10.4. The fraction of sp³-hybridized carbons (Fsp3) is 0.727. The quantitative estimate of drug-likeness (QED) is 0.235. The summed E-state index contributed by atoms with van der Waals surface area (Å²) in [7, 11) is 0. The van der Waals surface area contributed by atoms with Gasteiger partial charge in [0.05, 0.1) is 13.2 Å². The number of rotatable bonds is 10. The Balaban J connectivity index is 4.47. The number of carbonyl (C=O) groups is 3. The molecule has 0 heterocycles. The molecule has 2 unspecified atom stereocenters. The lowest BCUT2D eigenvalue weighted by atomic mass is 10.1. The Morgan fingerprint density at radius 2 is 1.70 bits per heavy atom. The summed E-state index contributed by atoms with van der Waals surface area (Å²) < 4.78 is 0. The van der Waals surface area contributed by atoms with Crippen molar-refractivity contribution in [1.82, 2.24) is 10.6 Å². The minimum Gasteiger partial charge on any atom is -0.480 e. The topological polar surface area (TPSA) is 168 Å². The van der Waals surface area contributed by atoms with E-state index in [9.17, 15) is 14.4 Å².